The van der Waals surface area contributed by atoms with E-state index in [0.29, 0.717) is 17.9 Å². The maximum absolute atomic E-state index is 11.6. The largest absolute Gasteiger partial charge is 0.461 e. The first kappa shape index (κ1) is 13.5. The van der Waals surface area contributed by atoms with Gasteiger partial charge < -0.3 is 4.74 Å². The normalized spacial score (nSPS) is 10.4. The lowest BCUT2D eigenvalue weighted by Crippen LogP contribution is -2.04. The van der Waals surface area contributed by atoms with E-state index in [1.54, 1.807) is 19.3 Å². The van der Waals surface area contributed by atoms with Gasteiger partial charge in [-0.3, -0.25) is 9.38 Å². The van der Waals surface area contributed by atoms with Gasteiger partial charge in [-0.05, 0) is 19.1 Å². The Bertz CT molecular complexity index is 739. The van der Waals surface area contributed by atoms with Gasteiger partial charge in [0, 0.05) is 6.20 Å². The summed E-state index contributed by atoms with van der Waals surface area (Å²) in [6.07, 6.45) is 3.32. The summed E-state index contributed by atoms with van der Waals surface area (Å²) >= 11 is 0. The molecule has 0 aliphatic carbocycles. The molecule has 0 radical (unpaired) electrons. The van der Waals surface area contributed by atoms with E-state index in [1.165, 1.54) is 0 Å². The van der Waals surface area contributed by atoms with E-state index in [-0.39, 0.29) is 17.0 Å². The Morgan fingerprint density at radius 3 is 2.95 bits per heavy atom. The molecule has 0 spiro atoms. The van der Waals surface area contributed by atoms with Crippen LogP contribution in [0.1, 0.15) is 17.4 Å². The van der Waals surface area contributed by atoms with Gasteiger partial charge in [0.05, 0.1) is 23.8 Å². The van der Waals surface area contributed by atoms with E-state index in [2.05, 4.69) is 9.97 Å². The van der Waals surface area contributed by atoms with Gasteiger partial charge in [-0.15, -0.1) is 17.0 Å². The van der Waals surface area contributed by atoms with Crippen molar-refractivity contribution in [1.29, 1.82) is 0 Å². The van der Waals surface area contributed by atoms with Crippen LogP contribution in [0.3, 0.4) is 0 Å². The van der Waals surface area contributed by atoms with E-state index in [4.69, 9.17) is 4.74 Å². The summed E-state index contributed by atoms with van der Waals surface area (Å²) in [5.41, 5.74) is 2.71. The highest BCUT2D eigenvalue weighted by molar-refractivity contribution is 8.93. The molecule has 0 fully saturated rings. The van der Waals surface area contributed by atoms with Gasteiger partial charge in [-0.25, -0.2) is 9.78 Å². The summed E-state index contributed by atoms with van der Waals surface area (Å²) in [4.78, 5) is 20.1. The molecule has 2 heterocycles. The summed E-state index contributed by atoms with van der Waals surface area (Å²) in [6.45, 7) is 2.11. The number of aromatic nitrogens is 3. The lowest BCUT2D eigenvalue weighted by Gasteiger charge is -1.99. The second kappa shape index (κ2) is 5.36. The highest BCUT2D eigenvalue weighted by Crippen LogP contribution is 2.15. The first-order chi connectivity index (χ1) is 8.79. The molecule has 0 saturated heterocycles. The van der Waals surface area contributed by atoms with E-state index in [0.717, 1.165) is 11.0 Å². The zero-order valence-electron chi connectivity index (χ0n) is 10.2. The van der Waals surface area contributed by atoms with Crippen molar-refractivity contribution in [3.05, 3.63) is 42.4 Å². The molecule has 19 heavy (non-hydrogen) atoms. The van der Waals surface area contributed by atoms with Crippen molar-refractivity contribution in [3.8, 4) is 0 Å². The van der Waals surface area contributed by atoms with Crippen LogP contribution in [0.25, 0.3) is 16.7 Å². The first-order valence-electron chi connectivity index (χ1n) is 5.69. The molecule has 0 atom stereocenters. The van der Waals surface area contributed by atoms with Crippen LogP contribution in [-0.4, -0.2) is 26.9 Å². The number of nitrogens with zero attached hydrogens (tertiary/aromatic N) is 3. The molecule has 0 unspecified atom stereocenters. The van der Waals surface area contributed by atoms with Gasteiger partial charge in [0.2, 0.25) is 0 Å². The van der Waals surface area contributed by atoms with Gasteiger partial charge >= 0.3 is 5.97 Å². The molecule has 1 aromatic carbocycles. The maximum Gasteiger partial charge on any atom is 0.358 e. The molecule has 0 amide bonds. The molecular formula is C13H12BrN3O2. The zero-order valence-corrected chi connectivity index (χ0v) is 12.0. The van der Waals surface area contributed by atoms with Crippen molar-refractivity contribution in [3.63, 3.8) is 0 Å². The van der Waals surface area contributed by atoms with Crippen LogP contribution >= 0.6 is 17.0 Å². The summed E-state index contributed by atoms with van der Waals surface area (Å²) in [6, 6.07) is 7.70. The molecule has 0 aliphatic heterocycles. The van der Waals surface area contributed by atoms with E-state index in [1.807, 2.05) is 28.7 Å². The third kappa shape index (κ3) is 2.31. The third-order valence-electron chi connectivity index (χ3n) is 2.68. The Balaban J connectivity index is 0.00000133. The number of fused-ring (bicyclic) bond motifs is 3. The smallest absolute Gasteiger partial charge is 0.358 e. The Labute approximate surface area is 120 Å². The average Bonchev–Trinajstić information content (AvgIpc) is 2.83. The molecule has 2 aromatic heterocycles. The fraction of sp³-hybridized carbons (Fsp3) is 0.154. The number of hydrogen-bond acceptors (Lipinski definition) is 4. The quantitative estimate of drug-likeness (QED) is 0.681. The molecule has 0 N–H and O–H groups in total. The van der Waals surface area contributed by atoms with Crippen molar-refractivity contribution < 1.29 is 9.53 Å². The molecule has 0 saturated carbocycles. The number of para-hydroxylation sites is 2. The number of halogens is 1. The fourth-order valence-corrected chi connectivity index (χ4v) is 1.89. The van der Waals surface area contributed by atoms with Crippen molar-refractivity contribution >= 4 is 39.6 Å². The molecule has 5 nitrogen and oxygen atoms in total. The summed E-state index contributed by atoms with van der Waals surface area (Å²) in [7, 11) is 0. The van der Waals surface area contributed by atoms with Crippen molar-refractivity contribution in [2.75, 3.05) is 6.61 Å². The van der Waals surface area contributed by atoms with E-state index in [9.17, 15) is 4.79 Å². The SMILES string of the molecule is Br.CCOC(=O)c1cn2c(cnc3ccccc32)n1. The molecule has 6 heteroatoms. The highest BCUT2D eigenvalue weighted by Gasteiger charge is 2.12. The Hall–Kier alpha value is -1.95. The number of carbonyl (C=O) groups excluding carboxylic acids is 1. The first-order valence-corrected chi connectivity index (χ1v) is 5.69. The second-order valence-corrected chi connectivity index (χ2v) is 3.82. The lowest BCUT2D eigenvalue weighted by molar-refractivity contribution is 0.0520. The maximum atomic E-state index is 11.6. The number of ether oxygens (including phenoxy) is 1. The monoisotopic (exact) mass is 321 g/mol. The number of hydrogen-bond donors (Lipinski definition) is 0. The fourth-order valence-electron chi connectivity index (χ4n) is 1.89. The number of esters is 1. The minimum Gasteiger partial charge on any atom is -0.461 e. The molecule has 3 aromatic rings. The van der Waals surface area contributed by atoms with Gasteiger partial charge in [0.1, 0.15) is 0 Å². The summed E-state index contributed by atoms with van der Waals surface area (Å²) in [5.74, 6) is -0.412. The zero-order chi connectivity index (χ0) is 12.5. The summed E-state index contributed by atoms with van der Waals surface area (Å²) in [5, 5.41) is 0. The second-order valence-electron chi connectivity index (χ2n) is 3.82. The average molecular weight is 322 g/mol. The minimum atomic E-state index is -0.412. The number of rotatable bonds is 2. The van der Waals surface area contributed by atoms with Crippen LogP contribution in [0.4, 0.5) is 0 Å². The van der Waals surface area contributed by atoms with Crippen LogP contribution in [0.5, 0.6) is 0 Å². The predicted octanol–water partition coefficient (Wildman–Crippen LogP) is 2.64. The van der Waals surface area contributed by atoms with Crippen LogP contribution in [0, 0.1) is 0 Å². The van der Waals surface area contributed by atoms with Gasteiger partial charge in [-0.1, -0.05) is 12.1 Å². The number of imidazole rings is 1. The molecule has 0 aliphatic rings. The Morgan fingerprint density at radius 1 is 1.37 bits per heavy atom. The standard InChI is InChI=1S/C13H11N3O2.BrH/c1-2-18-13(17)10-8-16-11-6-4-3-5-9(11)14-7-12(16)15-10;/h3-8H,2H2,1H3;1H. The van der Waals surface area contributed by atoms with Crippen molar-refractivity contribution in [1.82, 2.24) is 14.4 Å². The van der Waals surface area contributed by atoms with Gasteiger partial charge in [0.25, 0.3) is 0 Å². The topological polar surface area (TPSA) is 56.5 Å². The van der Waals surface area contributed by atoms with Gasteiger partial charge in [0.15, 0.2) is 11.3 Å². The lowest BCUT2D eigenvalue weighted by atomic mass is 10.3. The van der Waals surface area contributed by atoms with Crippen LogP contribution in [-0.2, 0) is 4.74 Å². The number of carbonyl (C=O) groups is 1. The van der Waals surface area contributed by atoms with E-state index >= 15 is 0 Å². The van der Waals surface area contributed by atoms with Crippen LogP contribution in [0.15, 0.2) is 36.7 Å². The molecule has 98 valence electrons. The molecule has 3 rings (SSSR count). The molecular weight excluding hydrogens is 310 g/mol. The predicted molar refractivity (Wildman–Crippen MR) is 76.8 cm³/mol. The Kier molecular flexibility index (Phi) is 3.80. The third-order valence-corrected chi connectivity index (χ3v) is 2.68. The number of benzene rings is 1. The van der Waals surface area contributed by atoms with Gasteiger partial charge in [-0.2, -0.15) is 0 Å². The van der Waals surface area contributed by atoms with Crippen LogP contribution in [0.2, 0.25) is 0 Å². The van der Waals surface area contributed by atoms with Crippen molar-refractivity contribution in [2.45, 2.75) is 6.92 Å². The van der Waals surface area contributed by atoms with E-state index < -0.39 is 5.97 Å². The van der Waals surface area contributed by atoms with Crippen molar-refractivity contribution in [2.24, 2.45) is 0 Å². The minimum absolute atomic E-state index is 0. The highest BCUT2D eigenvalue weighted by atomic mass is 79.9. The Morgan fingerprint density at radius 2 is 2.16 bits per heavy atom. The van der Waals surface area contributed by atoms with Crippen LogP contribution < -0.4 is 0 Å². The summed E-state index contributed by atoms with van der Waals surface area (Å²) < 4.78 is 6.78. The molecule has 0 bridgehead atoms.